The van der Waals surface area contributed by atoms with Crippen molar-refractivity contribution in [1.29, 1.82) is 0 Å². The van der Waals surface area contributed by atoms with Crippen LogP contribution in [0, 0.1) is 5.92 Å². The number of hydrogen-bond donors (Lipinski definition) is 2. The van der Waals surface area contributed by atoms with Gasteiger partial charge in [0, 0.05) is 13.1 Å². The van der Waals surface area contributed by atoms with E-state index in [-0.39, 0.29) is 18.2 Å². The quantitative estimate of drug-likeness (QED) is 0.891. The van der Waals surface area contributed by atoms with E-state index >= 15 is 0 Å². The van der Waals surface area contributed by atoms with E-state index in [2.05, 4.69) is 5.32 Å². The van der Waals surface area contributed by atoms with Crippen molar-refractivity contribution in [2.45, 2.75) is 38.8 Å². The van der Waals surface area contributed by atoms with Gasteiger partial charge in [-0.05, 0) is 38.2 Å². The second-order valence-electron chi connectivity index (χ2n) is 5.65. The largest absolute Gasteiger partial charge is 0.393 e. The van der Waals surface area contributed by atoms with Gasteiger partial charge in [0.25, 0.3) is 0 Å². The predicted octanol–water partition coefficient (Wildman–Crippen LogP) is 2.55. The van der Waals surface area contributed by atoms with Crippen LogP contribution in [0.4, 0.5) is 4.79 Å². The van der Waals surface area contributed by atoms with Gasteiger partial charge in [0.05, 0.1) is 12.1 Å². The maximum atomic E-state index is 12.2. The first-order valence-electron chi connectivity index (χ1n) is 7.36. The highest BCUT2D eigenvalue weighted by Gasteiger charge is 2.25. The van der Waals surface area contributed by atoms with E-state index in [9.17, 15) is 9.90 Å². The van der Waals surface area contributed by atoms with Crippen LogP contribution in [0.15, 0.2) is 30.3 Å². The first-order valence-corrected chi connectivity index (χ1v) is 7.36. The molecule has 1 heterocycles. The summed E-state index contributed by atoms with van der Waals surface area (Å²) in [5, 5.41) is 12.6. The molecule has 4 nitrogen and oxygen atoms in total. The molecule has 1 aromatic carbocycles. The van der Waals surface area contributed by atoms with Crippen molar-refractivity contribution in [2.24, 2.45) is 5.92 Å². The third kappa shape index (κ3) is 3.73. The van der Waals surface area contributed by atoms with Crippen LogP contribution in [0.2, 0.25) is 0 Å². The first kappa shape index (κ1) is 14.9. The van der Waals surface area contributed by atoms with Gasteiger partial charge in [0.2, 0.25) is 0 Å². The zero-order chi connectivity index (χ0) is 14.5. The summed E-state index contributed by atoms with van der Waals surface area (Å²) in [6.07, 6.45) is 1.48. The van der Waals surface area contributed by atoms with Gasteiger partial charge in [-0.2, -0.15) is 0 Å². The second-order valence-corrected chi connectivity index (χ2v) is 5.65. The molecule has 1 saturated heterocycles. The lowest BCUT2D eigenvalue weighted by molar-refractivity contribution is 0.0794. The number of urea groups is 1. The zero-order valence-corrected chi connectivity index (χ0v) is 12.2. The minimum Gasteiger partial charge on any atom is -0.393 e. The molecule has 110 valence electrons. The van der Waals surface area contributed by atoms with E-state index in [1.54, 1.807) is 0 Å². The Balaban J connectivity index is 1.84. The normalized spacial score (nSPS) is 19.4. The number of nitrogens with zero attached hydrogens (tertiary/aromatic N) is 1. The van der Waals surface area contributed by atoms with Crippen LogP contribution in [0.5, 0.6) is 0 Å². The lowest BCUT2D eigenvalue weighted by atomic mass is 9.92. The van der Waals surface area contributed by atoms with E-state index in [0.717, 1.165) is 31.5 Å². The lowest BCUT2D eigenvalue weighted by Gasteiger charge is -2.34. The summed E-state index contributed by atoms with van der Waals surface area (Å²) < 4.78 is 0. The number of likely N-dealkylation sites (tertiary alicyclic amines) is 1. The van der Waals surface area contributed by atoms with Crippen LogP contribution in [0.25, 0.3) is 0 Å². The molecule has 2 unspecified atom stereocenters. The number of carbonyl (C=O) groups excluding carboxylic acids is 1. The number of rotatable bonds is 3. The highest BCUT2D eigenvalue weighted by molar-refractivity contribution is 5.74. The average Bonchev–Trinajstić information content (AvgIpc) is 2.48. The van der Waals surface area contributed by atoms with Crippen LogP contribution in [0.1, 0.15) is 38.3 Å². The lowest BCUT2D eigenvalue weighted by Crippen LogP contribution is -2.46. The molecular weight excluding hydrogens is 252 g/mol. The third-order valence-electron chi connectivity index (χ3n) is 4.15. The third-order valence-corrected chi connectivity index (χ3v) is 4.15. The average molecular weight is 276 g/mol. The Morgan fingerprint density at radius 3 is 2.40 bits per heavy atom. The summed E-state index contributed by atoms with van der Waals surface area (Å²) in [5.41, 5.74) is 1.11. The fourth-order valence-corrected chi connectivity index (χ4v) is 2.69. The van der Waals surface area contributed by atoms with Crippen LogP contribution >= 0.6 is 0 Å². The van der Waals surface area contributed by atoms with E-state index in [1.165, 1.54) is 0 Å². The van der Waals surface area contributed by atoms with Gasteiger partial charge in [-0.1, -0.05) is 30.3 Å². The number of carbonyl (C=O) groups is 1. The van der Waals surface area contributed by atoms with Crippen LogP contribution in [-0.2, 0) is 0 Å². The van der Waals surface area contributed by atoms with Gasteiger partial charge < -0.3 is 15.3 Å². The molecule has 1 fully saturated rings. The van der Waals surface area contributed by atoms with E-state index < -0.39 is 0 Å². The molecule has 0 spiro atoms. The monoisotopic (exact) mass is 276 g/mol. The number of aliphatic hydroxyl groups is 1. The molecule has 4 heteroatoms. The summed E-state index contributed by atoms with van der Waals surface area (Å²) in [5.74, 6) is 0.325. The number of benzene rings is 1. The predicted molar refractivity (Wildman–Crippen MR) is 79.4 cm³/mol. The summed E-state index contributed by atoms with van der Waals surface area (Å²) in [6, 6.07) is 9.97. The van der Waals surface area contributed by atoms with Gasteiger partial charge in [0.15, 0.2) is 0 Å². The van der Waals surface area contributed by atoms with Crippen molar-refractivity contribution in [3.8, 4) is 0 Å². The van der Waals surface area contributed by atoms with Gasteiger partial charge in [-0.3, -0.25) is 0 Å². The molecule has 2 amide bonds. The number of amides is 2. The Kier molecular flexibility index (Phi) is 5.01. The number of piperidine rings is 1. The molecule has 0 aromatic heterocycles. The van der Waals surface area contributed by atoms with Crippen molar-refractivity contribution < 1.29 is 9.90 Å². The zero-order valence-electron chi connectivity index (χ0n) is 12.2. The summed E-state index contributed by atoms with van der Waals surface area (Å²) in [7, 11) is 0. The molecule has 0 saturated carbocycles. The Morgan fingerprint density at radius 1 is 1.25 bits per heavy atom. The van der Waals surface area contributed by atoms with Crippen molar-refractivity contribution in [2.75, 3.05) is 13.1 Å². The summed E-state index contributed by atoms with van der Waals surface area (Å²) in [6.45, 7) is 5.28. The minimum atomic E-state index is -0.275. The molecule has 1 aliphatic heterocycles. The molecule has 2 rings (SSSR count). The molecule has 1 aliphatic rings. The van der Waals surface area contributed by atoms with E-state index in [1.807, 2.05) is 49.1 Å². The van der Waals surface area contributed by atoms with Crippen molar-refractivity contribution >= 4 is 6.03 Å². The molecule has 2 atom stereocenters. The summed E-state index contributed by atoms with van der Waals surface area (Å²) >= 11 is 0. The first-order chi connectivity index (χ1) is 9.58. The van der Waals surface area contributed by atoms with Gasteiger partial charge in [-0.15, -0.1) is 0 Å². The van der Waals surface area contributed by atoms with Crippen LogP contribution in [0.3, 0.4) is 0 Å². The van der Waals surface area contributed by atoms with Crippen LogP contribution < -0.4 is 5.32 Å². The Hall–Kier alpha value is -1.55. The molecule has 0 bridgehead atoms. The highest BCUT2D eigenvalue weighted by Crippen LogP contribution is 2.21. The summed E-state index contributed by atoms with van der Waals surface area (Å²) in [4.78, 5) is 14.1. The topological polar surface area (TPSA) is 52.6 Å². The Bertz CT molecular complexity index is 425. The van der Waals surface area contributed by atoms with Gasteiger partial charge in [-0.25, -0.2) is 4.79 Å². The van der Waals surface area contributed by atoms with Crippen molar-refractivity contribution in [3.05, 3.63) is 35.9 Å². The molecule has 1 aromatic rings. The number of nitrogens with one attached hydrogen (secondary N) is 1. The maximum Gasteiger partial charge on any atom is 0.317 e. The highest BCUT2D eigenvalue weighted by atomic mass is 16.3. The second kappa shape index (κ2) is 6.75. The minimum absolute atomic E-state index is 0.00889. The SMILES string of the molecule is CC(NC(=O)N1CCC(C(C)O)CC1)c1ccccc1. The number of hydrogen-bond acceptors (Lipinski definition) is 2. The molecule has 0 aliphatic carbocycles. The smallest absolute Gasteiger partial charge is 0.317 e. The fourth-order valence-electron chi connectivity index (χ4n) is 2.69. The molecule has 20 heavy (non-hydrogen) atoms. The van der Waals surface area contributed by atoms with E-state index in [0.29, 0.717) is 5.92 Å². The van der Waals surface area contributed by atoms with Crippen molar-refractivity contribution in [3.63, 3.8) is 0 Å². The van der Waals surface area contributed by atoms with Crippen molar-refractivity contribution in [1.82, 2.24) is 10.2 Å². The fraction of sp³-hybridized carbons (Fsp3) is 0.562. The van der Waals surface area contributed by atoms with Gasteiger partial charge >= 0.3 is 6.03 Å². The molecular formula is C16H24N2O2. The maximum absolute atomic E-state index is 12.2. The van der Waals surface area contributed by atoms with Gasteiger partial charge in [0.1, 0.15) is 0 Å². The standard InChI is InChI=1S/C16H24N2O2/c1-12(14-6-4-3-5-7-14)17-16(20)18-10-8-15(9-11-18)13(2)19/h3-7,12-13,15,19H,8-11H2,1-2H3,(H,17,20). The Labute approximate surface area is 120 Å². The van der Waals surface area contributed by atoms with Crippen LogP contribution in [-0.4, -0.2) is 35.2 Å². The number of aliphatic hydroxyl groups excluding tert-OH is 1. The molecule has 2 N–H and O–H groups in total. The van der Waals surface area contributed by atoms with E-state index in [4.69, 9.17) is 0 Å². The Morgan fingerprint density at radius 2 is 1.85 bits per heavy atom. The molecule has 0 radical (unpaired) electrons.